The Hall–Kier alpha value is -2.67. The summed E-state index contributed by atoms with van der Waals surface area (Å²) in [6, 6.07) is 12.4. The number of amides is 1. The van der Waals surface area contributed by atoms with Gasteiger partial charge in [-0.15, -0.1) is 0 Å². The monoisotopic (exact) mass is 628 g/mol. The maximum atomic E-state index is 13.4. The van der Waals surface area contributed by atoms with Gasteiger partial charge in [0, 0.05) is 11.8 Å². The third-order valence-corrected chi connectivity index (χ3v) is 17.8. The van der Waals surface area contributed by atoms with Crippen LogP contribution >= 0.6 is 0 Å². The molecular formula is C31H48N4O6Si2. The average molecular weight is 629 g/mol. The first-order chi connectivity index (χ1) is 19.9. The lowest BCUT2D eigenvalue weighted by atomic mass is 10.1. The fourth-order valence-electron chi connectivity index (χ4n) is 4.11. The predicted octanol–water partition coefficient (Wildman–Crippen LogP) is 6.10. The van der Waals surface area contributed by atoms with Crippen LogP contribution in [0.5, 0.6) is 0 Å². The van der Waals surface area contributed by atoms with Gasteiger partial charge in [0.05, 0.1) is 25.7 Å². The molecule has 2 aromatic rings. The Bertz CT molecular complexity index is 1350. The van der Waals surface area contributed by atoms with Crippen molar-refractivity contribution in [2.75, 3.05) is 18.5 Å². The van der Waals surface area contributed by atoms with Crippen LogP contribution in [0.4, 0.5) is 5.82 Å². The minimum atomic E-state index is -2.39. The van der Waals surface area contributed by atoms with Gasteiger partial charge in [0.25, 0.3) is 5.91 Å². The molecule has 0 radical (unpaired) electrons. The molecule has 0 spiro atoms. The summed E-state index contributed by atoms with van der Waals surface area (Å²) >= 11 is 0. The first-order valence-corrected chi connectivity index (χ1v) is 20.6. The number of anilines is 1. The van der Waals surface area contributed by atoms with Crippen molar-refractivity contribution in [3.63, 3.8) is 0 Å². The second-order valence-electron chi connectivity index (χ2n) is 14.0. The Kier molecular flexibility index (Phi) is 11.0. The molecule has 1 fully saturated rings. The molecule has 1 aromatic carbocycles. The number of nitriles is 1. The van der Waals surface area contributed by atoms with Crippen molar-refractivity contribution in [3.05, 3.63) is 58.6 Å². The molecule has 0 bridgehead atoms. The van der Waals surface area contributed by atoms with Gasteiger partial charge in [0.2, 0.25) is 0 Å². The lowest BCUT2D eigenvalue weighted by molar-refractivity contribution is -0.0590. The summed E-state index contributed by atoms with van der Waals surface area (Å²) in [5.74, 6) is -0.232. The number of rotatable bonds is 11. The maximum absolute atomic E-state index is 13.4. The highest BCUT2D eigenvalue weighted by Gasteiger charge is 2.52. The molecule has 43 heavy (non-hydrogen) atoms. The number of hydrogen-bond donors (Lipinski definition) is 1. The van der Waals surface area contributed by atoms with Gasteiger partial charge >= 0.3 is 5.69 Å². The summed E-state index contributed by atoms with van der Waals surface area (Å²) in [6.07, 6.45) is -0.865. The molecule has 1 N–H and O–H groups in total. The van der Waals surface area contributed by atoms with Crippen molar-refractivity contribution in [1.82, 2.24) is 9.55 Å². The van der Waals surface area contributed by atoms with Gasteiger partial charge in [-0.1, -0.05) is 59.7 Å². The lowest BCUT2D eigenvalue weighted by Crippen LogP contribution is -2.50. The van der Waals surface area contributed by atoms with E-state index in [2.05, 4.69) is 84.1 Å². The molecule has 1 aromatic heterocycles. The van der Waals surface area contributed by atoms with Crippen molar-refractivity contribution < 1.29 is 23.1 Å². The molecule has 1 amide bonds. The summed E-state index contributed by atoms with van der Waals surface area (Å²) in [7, 11) is -4.53. The van der Waals surface area contributed by atoms with E-state index in [1.54, 1.807) is 36.5 Å². The molecule has 10 nitrogen and oxygen atoms in total. The van der Waals surface area contributed by atoms with E-state index in [1.165, 1.54) is 4.57 Å². The van der Waals surface area contributed by atoms with Gasteiger partial charge in [-0.05, 0) is 54.5 Å². The number of benzene rings is 1. The second kappa shape index (κ2) is 13.5. The molecule has 1 saturated heterocycles. The molecule has 0 unspecified atom stereocenters. The van der Waals surface area contributed by atoms with Gasteiger partial charge in [0.1, 0.15) is 24.1 Å². The van der Waals surface area contributed by atoms with Crippen LogP contribution in [0.1, 0.15) is 64.5 Å². The number of hydrogen-bond acceptors (Lipinski definition) is 8. The Morgan fingerprint density at radius 1 is 1.02 bits per heavy atom. The van der Waals surface area contributed by atoms with Crippen molar-refractivity contribution in [1.29, 1.82) is 5.26 Å². The Morgan fingerprint density at radius 3 is 2.21 bits per heavy atom. The predicted molar refractivity (Wildman–Crippen MR) is 172 cm³/mol. The highest BCUT2D eigenvalue weighted by Crippen LogP contribution is 2.43. The zero-order valence-corrected chi connectivity index (χ0v) is 29.3. The van der Waals surface area contributed by atoms with E-state index in [0.29, 0.717) is 5.56 Å². The lowest BCUT2D eigenvalue weighted by Gasteiger charge is -2.41. The summed E-state index contributed by atoms with van der Waals surface area (Å²) < 4.78 is 27.7. The fraction of sp³-hybridized carbons (Fsp3) is 0.613. The second-order valence-corrected chi connectivity index (χ2v) is 23.6. The molecule has 2 heterocycles. The Labute approximate surface area is 258 Å². The maximum Gasteiger partial charge on any atom is 0.351 e. The first-order valence-electron chi connectivity index (χ1n) is 14.8. The number of carbonyl (C=O) groups is 1. The summed E-state index contributed by atoms with van der Waals surface area (Å²) in [5, 5.41) is 11.8. The Balaban J connectivity index is 1.98. The minimum Gasteiger partial charge on any atom is -0.414 e. The average Bonchev–Trinajstić information content (AvgIpc) is 3.23. The molecule has 0 aliphatic carbocycles. The minimum absolute atomic E-state index is 0.0138. The van der Waals surface area contributed by atoms with Crippen molar-refractivity contribution in [2.45, 2.75) is 109 Å². The van der Waals surface area contributed by atoms with Crippen LogP contribution in [0.2, 0.25) is 36.3 Å². The number of carbonyl (C=O) groups excluding carboxylic acids is 1. The van der Waals surface area contributed by atoms with Crippen molar-refractivity contribution in [3.8, 4) is 6.07 Å². The van der Waals surface area contributed by atoms with Gasteiger partial charge in [-0.25, -0.2) is 4.79 Å². The van der Waals surface area contributed by atoms with Crippen molar-refractivity contribution in [2.24, 2.45) is 0 Å². The largest absolute Gasteiger partial charge is 0.414 e. The van der Waals surface area contributed by atoms with E-state index >= 15 is 0 Å². The molecule has 3 rings (SSSR count). The van der Waals surface area contributed by atoms with E-state index in [0.717, 1.165) is 0 Å². The highest BCUT2D eigenvalue weighted by molar-refractivity contribution is 6.74. The normalized spacial score (nSPS) is 21.4. The van der Waals surface area contributed by atoms with E-state index in [4.69, 9.17) is 18.3 Å². The van der Waals surface area contributed by atoms with Crippen LogP contribution in [-0.4, -0.2) is 63.6 Å². The summed E-state index contributed by atoms with van der Waals surface area (Å²) in [4.78, 5) is 30.2. The first kappa shape index (κ1) is 34.8. The standard InChI is InChI=1S/C31H48N4O6Si2/c1-30(2,3)42(7,8)39-21-23-25(38-20-14-18-32)26(41-43(9,10)31(4,5)6)28(40-23)35-19-17-24(34-29(35)37)33-27(36)22-15-12-11-13-16-22/h11-13,15-17,19,23,25-26,28H,14,20-21H2,1-10H3,(H,33,34,36,37)/t23-,25-,26-,28-/m1/s1. The third kappa shape index (κ3) is 8.50. The fourth-order valence-corrected chi connectivity index (χ4v) is 6.41. The number of ether oxygens (including phenoxy) is 2. The zero-order valence-electron chi connectivity index (χ0n) is 27.3. The van der Waals surface area contributed by atoms with Crippen LogP contribution < -0.4 is 11.0 Å². The smallest absolute Gasteiger partial charge is 0.351 e. The van der Waals surface area contributed by atoms with E-state index < -0.39 is 46.9 Å². The Morgan fingerprint density at radius 2 is 1.65 bits per heavy atom. The number of nitrogens with one attached hydrogen (secondary N) is 1. The zero-order chi connectivity index (χ0) is 32.2. The number of aromatic nitrogens is 2. The van der Waals surface area contributed by atoms with Crippen LogP contribution in [0.15, 0.2) is 47.4 Å². The summed E-state index contributed by atoms with van der Waals surface area (Å²) in [6.45, 7) is 22.0. The SMILES string of the molecule is CC(C)(C)[Si](C)(C)OC[C@H]1O[C@@H](n2ccc(NC(=O)c3ccccc3)nc2=O)[C@H](O[Si](C)(C)C(C)(C)C)[C@@H]1OCCC#N. The van der Waals surface area contributed by atoms with E-state index in [9.17, 15) is 14.9 Å². The molecule has 12 heteroatoms. The van der Waals surface area contributed by atoms with Gasteiger partial charge < -0.3 is 23.6 Å². The van der Waals surface area contributed by atoms with E-state index in [1.807, 2.05) is 6.07 Å². The third-order valence-electron chi connectivity index (χ3n) is 8.84. The van der Waals surface area contributed by atoms with Gasteiger partial charge in [0.15, 0.2) is 22.9 Å². The summed E-state index contributed by atoms with van der Waals surface area (Å²) in [5.41, 5.74) is -0.140. The van der Waals surface area contributed by atoms with Crippen LogP contribution in [0.3, 0.4) is 0 Å². The molecule has 4 atom stereocenters. The van der Waals surface area contributed by atoms with Gasteiger partial charge in [-0.2, -0.15) is 10.2 Å². The molecule has 236 valence electrons. The van der Waals surface area contributed by atoms with Gasteiger partial charge in [-0.3, -0.25) is 9.36 Å². The molecule has 1 aliphatic heterocycles. The van der Waals surface area contributed by atoms with E-state index in [-0.39, 0.29) is 41.4 Å². The quantitative estimate of drug-likeness (QED) is 0.234. The van der Waals surface area contributed by atoms with Crippen molar-refractivity contribution >= 4 is 28.4 Å². The van der Waals surface area contributed by atoms with Crippen LogP contribution in [-0.2, 0) is 18.3 Å². The molecule has 0 saturated carbocycles. The molecular weight excluding hydrogens is 581 g/mol. The highest BCUT2D eigenvalue weighted by atomic mass is 28.4. The topological polar surface area (TPSA) is 125 Å². The van der Waals surface area contributed by atoms with Crippen LogP contribution in [0.25, 0.3) is 0 Å². The van der Waals surface area contributed by atoms with Crippen LogP contribution in [0, 0.1) is 11.3 Å². The molecule has 1 aliphatic rings. The number of nitrogens with zero attached hydrogens (tertiary/aromatic N) is 3.